The number of aliphatic carboxylic acids is 1. The van der Waals surface area contributed by atoms with Crippen molar-refractivity contribution in [3.05, 3.63) is 34.9 Å². The highest BCUT2D eigenvalue weighted by Crippen LogP contribution is 2.15. The molecule has 0 aliphatic carbocycles. The fraction of sp³-hybridized carbons (Fsp3) is 0.462. The summed E-state index contributed by atoms with van der Waals surface area (Å²) in [6, 6.07) is 8.00. The van der Waals surface area contributed by atoms with Gasteiger partial charge in [-0.15, -0.1) is 0 Å². The lowest BCUT2D eigenvalue weighted by Gasteiger charge is -2.14. The van der Waals surface area contributed by atoms with E-state index in [-0.39, 0.29) is 12.5 Å². The Labute approximate surface area is 107 Å². The molecule has 0 saturated heterocycles. The second kappa shape index (κ2) is 7.30. The highest BCUT2D eigenvalue weighted by Gasteiger charge is 2.04. The van der Waals surface area contributed by atoms with Gasteiger partial charge in [-0.1, -0.05) is 23.7 Å². The van der Waals surface area contributed by atoms with Crippen molar-refractivity contribution in [2.45, 2.75) is 32.2 Å². The zero-order chi connectivity index (χ0) is 12.7. The van der Waals surface area contributed by atoms with Crippen molar-refractivity contribution in [3.63, 3.8) is 0 Å². The summed E-state index contributed by atoms with van der Waals surface area (Å²) in [5.41, 5.74) is 1.19. The van der Waals surface area contributed by atoms with Gasteiger partial charge in [-0.05, 0) is 44.0 Å². The molecule has 0 aromatic heterocycles. The first kappa shape index (κ1) is 14.0. The molecule has 1 atom stereocenters. The number of nitrogens with one attached hydrogen (secondary N) is 1. The first-order valence-electron chi connectivity index (χ1n) is 5.80. The molecule has 1 aromatic rings. The lowest BCUT2D eigenvalue weighted by molar-refractivity contribution is -0.137. The number of unbranched alkanes of at least 4 members (excludes halogenated alkanes) is 1. The Morgan fingerprint density at radius 2 is 2.00 bits per heavy atom. The average Bonchev–Trinajstić information content (AvgIpc) is 2.29. The lowest BCUT2D eigenvalue weighted by atomic mass is 10.1. The van der Waals surface area contributed by atoms with Crippen molar-refractivity contribution in [1.82, 2.24) is 5.32 Å². The van der Waals surface area contributed by atoms with Crippen LogP contribution in [0.25, 0.3) is 0 Å². The van der Waals surface area contributed by atoms with Crippen LogP contribution >= 0.6 is 11.6 Å². The molecule has 0 unspecified atom stereocenters. The van der Waals surface area contributed by atoms with Crippen LogP contribution in [0.3, 0.4) is 0 Å². The molecule has 94 valence electrons. The predicted octanol–water partition coefficient (Wildman–Crippen LogP) is 3.25. The molecule has 1 aromatic carbocycles. The smallest absolute Gasteiger partial charge is 0.303 e. The standard InChI is InChI=1S/C13H18ClNO2/c1-10(11-5-7-12(14)8-6-11)15-9-3-2-4-13(16)17/h5-8,10,15H,2-4,9H2,1H3,(H,16,17)/t10-/m0/s1. The normalized spacial score (nSPS) is 12.4. The summed E-state index contributed by atoms with van der Waals surface area (Å²) in [4.78, 5) is 10.3. The third-order valence-electron chi connectivity index (χ3n) is 2.64. The molecule has 1 rings (SSSR count). The Balaban J connectivity index is 2.23. The molecule has 0 spiro atoms. The summed E-state index contributed by atoms with van der Waals surface area (Å²) < 4.78 is 0. The Morgan fingerprint density at radius 3 is 2.59 bits per heavy atom. The van der Waals surface area contributed by atoms with E-state index >= 15 is 0 Å². The van der Waals surface area contributed by atoms with E-state index in [0.717, 1.165) is 24.4 Å². The van der Waals surface area contributed by atoms with Gasteiger partial charge in [0, 0.05) is 17.5 Å². The Kier molecular flexibility index (Phi) is 6.01. The van der Waals surface area contributed by atoms with Crippen LogP contribution in [-0.4, -0.2) is 17.6 Å². The highest BCUT2D eigenvalue weighted by molar-refractivity contribution is 6.30. The minimum atomic E-state index is -0.726. The second-order valence-electron chi connectivity index (χ2n) is 4.08. The van der Waals surface area contributed by atoms with Crippen molar-refractivity contribution in [2.75, 3.05) is 6.54 Å². The summed E-state index contributed by atoms with van der Waals surface area (Å²) in [7, 11) is 0. The number of carbonyl (C=O) groups is 1. The van der Waals surface area contributed by atoms with Crippen molar-refractivity contribution >= 4 is 17.6 Å². The number of carboxylic acids is 1. The van der Waals surface area contributed by atoms with Crippen LogP contribution in [0, 0.1) is 0 Å². The molecule has 0 amide bonds. The van der Waals surface area contributed by atoms with Crippen LogP contribution in [0.15, 0.2) is 24.3 Å². The average molecular weight is 256 g/mol. The lowest BCUT2D eigenvalue weighted by Crippen LogP contribution is -2.19. The summed E-state index contributed by atoms with van der Waals surface area (Å²) in [6.07, 6.45) is 1.84. The van der Waals surface area contributed by atoms with Crippen LogP contribution in [-0.2, 0) is 4.79 Å². The molecule has 0 fully saturated rings. The van der Waals surface area contributed by atoms with Gasteiger partial charge in [0.2, 0.25) is 0 Å². The number of hydrogen-bond donors (Lipinski definition) is 2. The molecule has 4 heteroatoms. The zero-order valence-corrected chi connectivity index (χ0v) is 10.7. The van der Waals surface area contributed by atoms with Gasteiger partial charge in [0.15, 0.2) is 0 Å². The minimum absolute atomic E-state index is 0.247. The van der Waals surface area contributed by atoms with E-state index < -0.39 is 5.97 Å². The fourth-order valence-electron chi connectivity index (χ4n) is 1.59. The molecule has 0 heterocycles. The van der Waals surface area contributed by atoms with Gasteiger partial charge in [-0.3, -0.25) is 4.79 Å². The summed E-state index contributed by atoms with van der Waals surface area (Å²) in [5, 5.41) is 12.6. The van der Waals surface area contributed by atoms with E-state index in [4.69, 9.17) is 16.7 Å². The van der Waals surface area contributed by atoms with Gasteiger partial charge in [0.05, 0.1) is 0 Å². The second-order valence-corrected chi connectivity index (χ2v) is 4.51. The van der Waals surface area contributed by atoms with E-state index in [1.165, 1.54) is 5.56 Å². The molecule has 0 saturated carbocycles. The monoisotopic (exact) mass is 255 g/mol. The highest BCUT2D eigenvalue weighted by atomic mass is 35.5. The third-order valence-corrected chi connectivity index (χ3v) is 2.89. The van der Waals surface area contributed by atoms with Gasteiger partial charge in [-0.25, -0.2) is 0 Å². The molecule has 0 aliphatic rings. The van der Waals surface area contributed by atoms with Gasteiger partial charge in [0.1, 0.15) is 0 Å². The van der Waals surface area contributed by atoms with Gasteiger partial charge in [0.25, 0.3) is 0 Å². The van der Waals surface area contributed by atoms with Crippen molar-refractivity contribution < 1.29 is 9.90 Å². The molecular formula is C13H18ClNO2. The van der Waals surface area contributed by atoms with Crippen molar-refractivity contribution in [3.8, 4) is 0 Å². The van der Waals surface area contributed by atoms with Gasteiger partial charge in [-0.2, -0.15) is 0 Å². The SMILES string of the molecule is C[C@H](NCCCCC(=O)O)c1ccc(Cl)cc1. The molecule has 0 bridgehead atoms. The van der Waals surface area contributed by atoms with E-state index in [0.29, 0.717) is 0 Å². The van der Waals surface area contributed by atoms with Gasteiger partial charge >= 0.3 is 5.97 Å². The summed E-state index contributed by atoms with van der Waals surface area (Å²) >= 11 is 5.82. The Hall–Kier alpha value is -1.06. The van der Waals surface area contributed by atoms with Gasteiger partial charge < -0.3 is 10.4 Å². The third kappa shape index (κ3) is 5.71. The van der Waals surface area contributed by atoms with Crippen molar-refractivity contribution in [2.24, 2.45) is 0 Å². The number of carboxylic acid groups (broad SMARTS) is 1. The van der Waals surface area contributed by atoms with Crippen LogP contribution in [0.5, 0.6) is 0 Å². The summed E-state index contributed by atoms with van der Waals surface area (Å²) in [5.74, 6) is -0.726. The molecule has 2 N–H and O–H groups in total. The first-order valence-corrected chi connectivity index (χ1v) is 6.18. The maximum atomic E-state index is 10.3. The maximum Gasteiger partial charge on any atom is 0.303 e. The molecule has 0 aliphatic heterocycles. The van der Waals surface area contributed by atoms with E-state index in [9.17, 15) is 4.79 Å². The van der Waals surface area contributed by atoms with E-state index in [1.54, 1.807) is 0 Å². The topological polar surface area (TPSA) is 49.3 Å². The number of halogens is 1. The maximum absolute atomic E-state index is 10.3. The van der Waals surface area contributed by atoms with Crippen molar-refractivity contribution in [1.29, 1.82) is 0 Å². The molecular weight excluding hydrogens is 238 g/mol. The largest absolute Gasteiger partial charge is 0.481 e. The zero-order valence-electron chi connectivity index (χ0n) is 9.95. The number of hydrogen-bond acceptors (Lipinski definition) is 2. The van der Waals surface area contributed by atoms with Crippen LogP contribution in [0.2, 0.25) is 5.02 Å². The Morgan fingerprint density at radius 1 is 1.35 bits per heavy atom. The molecule has 17 heavy (non-hydrogen) atoms. The Bertz CT molecular complexity index is 351. The fourth-order valence-corrected chi connectivity index (χ4v) is 1.72. The first-order chi connectivity index (χ1) is 8.09. The summed E-state index contributed by atoms with van der Waals surface area (Å²) in [6.45, 7) is 2.91. The number of benzene rings is 1. The predicted molar refractivity (Wildman–Crippen MR) is 69.4 cm³/mol. The molecule has 0 radical (unpaired) electrons. The van der Waals surface area contributed by atoms with E-state index in [2.05, 4.69) is 12.2 Å². The number of rotatable bonds is 7. The molecule has 3 nitrogen and oxygen atoms in total. The van der Waals surface area contributed by atoms with Crippen LogP contribution in [0.4, 0.5) is 0 Å². The van der Waals surface area contributed by atoms with E-state index in [1.807, 2.05) is 24.3 Å². The quantitative estimate of drug-likeness (QED) is 0.736. The van der Waals surface area contributed by atoms with Crippen LogP contribution < -0.4 is 5.32 Å². The minimum Gasteiger partial charge on any atom is -0.481 e. The van der Waals surface area contributed by atoms with Crippen LogP contribution in [0.1, 0.15) is 37.8 Å².